The van der Waals surface area contributed by atoms with Crippen LogP contribution < -0.4 is 9.47 Å². The molecule has 1 saturated carbocycles. The summed E-state index contributed by atoms with van der Waals surface area (Å²) >= 11 is 0. The number of aliphatic hydroxyl groups is 1. The lowest BCUT2D eigenvalue weighted by Crippen LogP contribution is -2.57. The molecule has 0 spiro atoms. The third kappa shape index (κ3) is 9.00. The van der Waals surface area contributed by atoms with Gasteiger partial charge < -0.3 is 39.0 Å². The number of amides is 2. The second kappa shape index (κ2) is 16.1. The van der Waals surface area contributed by atoms with E-state index in [-0.39, 0.29) is 31.5 Å². The van der Waals surface area contributed by atoms with Gasteiger partial charge >= 0.3 is 6.09 Å². The Bertz CT molecular complexity index is 1460. The minimum Gasteiger partial charge on any atom is -0.491 e. The van der Waals surface area contributed by atoms with Gasteiger partial charge in [0.25, 0.3) is 0 Å². The Balaban J connectivity index is 1.41. The Kier molecular flexibility index (Phi) is 11.7. The zero-order chi connectivity index (χ0) is 33.2. The Morgan fingerprint density at radius 1 is 0.957 bits per heavy atom. The number of benzene rings is 2. The maximum absolute atomic E-state index is 14.6. The number of piperidine rings is 1. The highest BCUT2D eigenvalue weighted by atomic mass is 16.5. The first-order valence-corrected chi connectivity index (χ1v) is 16.2. The Hall–Kier alpha value is -4.19. The van der Waals surface area contributed by atoms with Crippen LogP contribution in [0.2, 0.25) is 0 Å². The second-order valence-electron chi connectivity index (χ2n) is 12.2. The predicted octanol–water partition coefficient (Wildman–Crippen LogP) is 4.64. The molecular formula is C36H45N3O8. The molecule has 3 aromatic rings. The van der Waals surface area contributed by atoms with Crippen LogP contribution in [0.15, 0.2) is 66.9 Å². The first-order chi connectivity index (χ1) is 22.8. The van der Waals surface area contributed by atoms with Crippen molar-refractivity contribution in [2.45, 2.75) is 56.9 Å². The number of carbonyl (C=O) groups is 2. The number of ether oxygens (including phenoxy) is 4. The molecule has 1 saturated heterocycles. The highest BCUT2D eigenvalue weighted by Crippen LogP contribution is 2.41. The van der Waals surface area contributed by atoms with Crippen LogP contribution in [0.3, 0.4) is 0 Å². The molecule has 0 radical (unpaired) electrons. The maximum atomic E-state index is 14.6. The SMILES string of the molecule is COCCCc1cc(CN(C(=O)[C@H]2CN(C(=O)O)CC[C@]2(O)c2ccnc(OCc3ccccc3)c2)C2CC2)cc(OCCOC)c1. The number of nitrogens with zero attached hydrogens (tertiary/aromatic N) is 3. The van der Waals surface area contributed by atoms with E-state index in [0.29, 0.717) is 50.2 Å². The number of methoxy groups -OCH3 is 2. The summed E-state index contributed by atoms with van der Waals surface area (Å²) in [6.07, 6.45) is 3.80. The van der Waals surface area contributed by atoms with Crippen LogP contribution in [-0.4, -0.2) is 90.2 Å². The van der Waals surface area contributed by atoms with Crippen molar-refractivity contribution in [2.24, 2.45) is 5.92 Å². The Labute approximate surface area is 276 Å². The van der Waals surface area contributed by atoms with E-state index in [4.69, 9.17) is 18.9 Å². The molecule has 0 unspecified atom stereocenters. The van der Waals surface area contributed by atoms with Gasteiger partial charge in [0.1, 0.15) is 24.6 Å². The van der Waals surface area contributed by atoms with Gasteiger partial charge in [-0.1, -0.05) is 36.4 Å². The number of hydrogen-bond donors (Lipinski definition) is 2. The topological polar surface area (TPSA) is 131 Å². The minimum absolute atomic E-state index is 0.00386. The summed E-state index contributed by atoms with van der Waals surface area (Å²) in [4.78, 5) is 34.0. The highest BCUT2D eigenvalue weighted by molar-refractivity contribution is 5.82. The molecule has 11 nitrogen and oxygen atoms in total. The fourth-order valence-electron chi connectivity index (χ4n) is 6.11. The average molecular weight is 648 g/mol. The molecule has 252 valence electrons. The predicted molar refractivity (Wildman–Crippen MR) is 174 cm³/mol. The van der Waals surface area contributed by atoms with Crippen molar-refractivity contribution >= 4 is 12.0 Å². The van der Waals surface area contributed by atoms with Crippen molar-refractivity contribution in [3.63, 3.8) is 0 Å². The summed E-state index contributed by atoms with van der Waals surface area (Å²) in [6.45, 7) is 2.04. The van der Waals surface area contributed by atoms with Crippen LogP contribution in [0.5, 0.6) is 11.6 Å². The fraction of sp³-hybridized carbons (Fsp3) is 0.472. The van der Waals surface area contributed by atoms with Gasteiger partial charge in [-0.2, -0.15) is 0 Å². The van der Waals surface area contributed by atoms with Crippen molar-refractivity contribution in [3.05, 3.63) is 89.1 Å². The van der Waals surface area contributed by atoms with E-state index in [2.05, 4.69) is 11.1 Å². The van der Waals surface area contributed by atoms with Gasteiger partial charge in [0, 0.05) is 58.8 Å². The van der Waals surface area contributed by atoms with Crippen LogP contribution in [0.4, 0.5) is 4.79 Å². The van der Waals surface area contributed by atoms with Crippen molar-refractivity contribution in [2.75, 3.05) is 47.1 Å². The Morgan fingerprint density at radius 2 is 1.72 bits per heavy atom. The van der Waals surface area contributed by atoms with Crippen LogP contribution in [0.25, 0.3) is 0 Å². The molecule has 1 aliphatic carbocycles. The van der Waals surface area contributed by atoms with Crippen LogP contribution in [-0.2, 0) is 39.4 Å². The van der Waals surface area contributed by atoms with Gasteiger partial charge in [0.05, 0.1) is 12.5 Å². The van der Waals surface area contributed by atoms with Gasteiger partial charge in [0.2, 0.25) is 11.8 Å². The molecule has 5 rings (SSSR count). The molecule has 47 heavy (non-hydrogen) atoms. The first-order valence-electron chi connectivity index (χ1n) is 16.2. The summed E-state index contributed by atoms with van der Waals surface area (Å²) < 4.78 is 22.3. The van der Waals surface area contributed by atoms with Crippen molar-refractivity contribution in [1.82, 2.24) is 14.8 Å². The van der Waals surface area contributed by atoms with Crippen LogP contribution in [0.1, 0.15) is 47.9 Å². The first kappa shape index (κ1) is 34.2. The van der Waals surface area contributed by atoms with E-state index in [1.54, 1.807) is 32.5 Å². The quantitative estimate of drug-likeness (QED) is 0.214. The number of carboxylic acid groups (broad SMARTS) is 1. The number of likely N-dealkylation sites (tertiary alicyclic amines) is 1. The van der Waals surface area contributed by atoms with E-state index in [9.17, 15) is 19.8 Å². The third-order valence-corrected chi connectivity index (χ3v) is 8.80. The normalized spacial score (nSPS) is 19.3. The number of rotatable bonds is 16. The molecule has 2 heterocycles. The maximum Gasteiger partial charge on any atom is 0.407 e. The molecule has 11 heteroatoms. The van der Waals surface area contributed by atoms with Gasteiger partial charge in [-0.05, 0) is 72.6 Å². The van der Waals surface area contributed by atoms with Crippen LogP contribution >= 0.6 is 0 Å². The number of carbonyl (C=O) groups excluding carboxylic acids is 1. The molecule has 1 aliphatic heterocycles. The van der Waals surface area contributed by atoms with E-state index in [1.807, 2.05) is 47.4 Å². The fourth-order valence-corrected chi connectivity index (χ4v) is 6.11. The van der Waals surface area contributed by atoms with Gasteiger partial charge in [-0.15, -0.1) is 0 Å². The van der Waals surface area contributed by atoms with Gasteiger partial charge in [0.15, 0.2) is 0 Å². The van der Waals surface area contributed by atoms with Gasteiger partial charge in [-0.3, -0.25) is 4.79 Å². The standard InChI is InChI=1S/C36H45N3O8/c1-44-16-6-9-27-19-28(21-31(20-27)46-18-17-45-2)23-39(30-10-11-30)34(40)32-24-38(35(41)42)15-13-36(32,43)29-12-14-37-33(22-29)47-25-26-7-4-3-5-8-26/h3-5,7-8,12,14,19-22,30,32,43H,6,9-11,13,15-18,23-25H2,1-2H3,(H,41,42)/t32-,36+/m1/s1. The van der Waals surface area contributed by atoms with E-state index >= 15 is 0 Å². The molecule has 2 aromatic carbocycles. The minimum atomic E-state index is -1.62. The largest absolute Gasteiger partial charge is 0.491 e. The number of aryl methyl sites for hydroxylation is 1. The van der Waals surface area contributed by atoms with Crippen molar-refractivity contribution in [1.29, 1.82) is 0 Å². The smallest absolute Gasteiger partial charge is 0.407 e. The molecule has 1 aromatic heterocycles. The van der Waals surface area contributed by atoms with Crippen molar-refractivity contribution in [3.8, 4) is 11.6 Å². The lowest BCUT2D eigenvalue weighted by atomic mass is 9.75. The lowest BCUT2D eigenvalue weighted by molar-refractivity contribution is -0.154. The second-order valence-corrected chi connectivity index (χ2v) is 12.2. The van der Waals surface area contributed by atoms with E-state index in [1.165, 1.54) is 4.90 Å². The molecule has 2 atom stereocenters. The molecule has 2 N–H and O–H groups in total. The number of aromatic nitrogens is 1. The monoisotopic (exact) mass is 647 g/mol. The Morgan fingerprint density at radius 3 is 2.45 bits per heavy atom. The number of pyridine rings is 1. The molecular weight excluding hydrogens is 602 g/mol. The van der Waals surface area contributed by atoms with Gasteiger partial charge in [-0.25, -0.2) is 9.78 Å². The zero-order valence-corrected chi connectivity index (χ0v) is 27.2. The molecule has 2 aliphatic rings. The molecule has 2 amide bonds. The molecule has 0 bridgehead atoms. The highest BCUT2D eigenvalue weighted by Gasteiger charge is 2.51. The summed E-state index contributed by atoms with van der Waals surface area (Å²) in [5.41, 5.74) is 1.80. The van der Waals surface area contributed by atoms with E-state index in [0.717, 1.165) is 42.4 Å². The number of hydrogen-bond acceptors (Lipinski definition) is 8. The summed E-state index contributed by atoms with van der Waals surface area (Å²) in [5, 5.41) is 22.2. The van der Waals surface area contributed by atoms with Crippen LogP contribution in [0, 0.1) is 5.92 Å². The average Bonchev–Trinajstić information content (AvgIpc) is 3.93. The zero-order valence-electron chi connectivity index (χ0n) is 27.2. The summed E-state index contributed by atoms with van der Waals surface area (Å²) in [7, 11) is 3.30. The third-order valence-electron chi connectivity index (χ3n) is 8.80. The molecule has 2 fully saturated rings. The summed E-state index contributed by atoms with van der Waals surface area (Å²) in [5.74, 6) is -0.297. The lowest BCUT2D eigenvalue weighted by Gasteiger charge is -2.44. The summed E-state index contributed by atoms with van der Waals surface area (Å²) in [6, 6.07) is 19.0. The van der Waals surface area contributed by atoms with E-state index < -0.39 is 17.6 Å². The van der Waals surface area contributed by atoms with Crippen molar-refractivity contribution < 1.29 is 38.7 Å².